The first-order valence-electron chi connectivity index (χ1n) is 10.2. The maximum absolute atomic E-state index is 3.06. The molecule has 0 aliphatic heterocycles. The molecule has 2 nitrogen and oxygen atoms in total. The van der Waals surface area contributed by atoms with Crippen molar-refractivity contribution in [3.8, 4) is 0 Å². The van der Waals surface area contributed by atoms with Crippen molar-refractivity contribution in [1.29, 1.82) is 0 Å². The van der Waals surface area contributed by atoms with Crippen molar-refractivity contribution < 1.29 is 0 Å². The summed E-state index contributed by atoms with van der Waals surface area (Å²) in [5.74, 6) is 0. The average molecular weight is 341 g/mol. The summed E-state index contributed by atoms with van der Waals surface area (Å²) in [6, 6.07) is 3.64. The van der Waals surface area contributed by atoms with Gasteiger partial charge in [0.15, 0.2) is 0 Å². The molecule has 0 N–H and O–H groups in total. The molecule has 4 heteroatoms. The van der Waals surface area contributed by atoms with Crippen LogP contribution < -0.4 is 0 Å². The lowest BCUT2D eigenvalue weighted by atomic mass is 10.2. The Balaban J connectivity index is 1.94. The Morgan fingerprint density at radius 3 is 1.32 bits per heavy atom. The first kappa shape index (κ1) is 18.7. The molecule has 0 bridgehead atoms. The summed E-state index contributed by atoms with van der Waals surface area (Å²) in [5.41, 5.74) is 0. The van der Waals surface area contributed by atoms with Crippen molar-refractivity contribution in [3.63, 3.8) is 0 Å². The lowest BCUT2D eigenvalue weighted by Gasteiger charge is -2.39. The van der Waals surface area contributed by atoms with Gasteiger partial charge in [-0.1, -0.05) is 53.4 Å². The van der Waals surface area contributed by atoms with Crippen LogP contribution in [0.15, 0.2) is 0 Å². The Morgan fingerprint density at radius 2 is 1.05 bits per heavy atom. The van der Waals surface area contributed by atoms with Gasteiger partial charge in [-0.3, -0.25) is 0 Å². The van der Waals surface area contributed by atoms with Crippen LogP contribution in [0.3, 0.4) is 0 Å². The zero-order valence-corrected chi connectivity index (χ0v) is 18.5. The molecule has 0 aromatic heterocycles. The molecule has 0 heterocycles. The quantitative estimate of drug-likeness (QED) is 0.595. The third kappa shape index (κ3) is 4.92. The SMILES string of the molecule is CCC(C)N([SiH2][SiH2]N(C(C)CC)C1CCCC1)C1CCCC1. The smallest absolute Gasteiger partial charge is 0.0975 e. The van der Waals surface area contributed by atoms with Crippen LogP contribution in [0.2, 0.25) is 0 Å². The molecule has 0 amide bonds. The minimum absolute atomic E-state index is 0.00236. The van der Waals surface area contributed by atoms with Crippen LogP contribution in [0.1, 0.15) is 91.9 Å². The number of rotatable bonds is 9. The second-order valence-electron chi connectivity index (χ2n) is 7.87. The van der Waals surface area contributed by atoms with Crippen molar-refractivity contribution in [2.75, 3.05) is 0 Å². The van der Waals surface area contributed by atoms with Crippen LogP contribution in [0.25, 0.3) is 0 Å². The van der Waals surface area contributed by atoms with E-state index in [0.717, 1.165) is 24.2 Å². The summed E-state index contributed by atoms with van der Waals surface area (Å²) in [5, 5.41) is 0. The Kier molecular flexibility index (Phi) is 8.16. The Bertz CT molecular complexity index is 271. The van der Waals surface area contributed by atoms with Gasteiger partial charge in [0.2, 0.25) is 0 Å². The van der Waals surface area contributed by atoms with Gasteiger partial charge < -0.3 is 9.13 Å². The number of hydrogen-bond acceptors (Lipinski definition) is 2. The summed E-state index contributed by atoms with van der Waals surface area (Å²) in [4.78, 5) is 0. The molecule has 0 aromatic rings. The predicted octanol–water partition coefficient (Wildman–Crippen LogP) is 3.16. The lowest BCUT2D eigenvalue weighted by Crippen LogP contribution is -2.52. The van der Waals surface area contributed by atoms with Gasteiger partial charge in [0.25, 0.3) is 0 Å². The molecule has 0 radical (unpaired) electrons. The van der Waals surface area contributed by atoms with Crippen LogP contribution in [0.4, 0.5) is 0 Å². The third-order valence-electron chi connectivity index (χ3n) is 6.52. The van der Waals surface area contributed by atoms with Crippen LogP contribution in [0.5, 0.6) is 0 Å². The van der Waals surface area contributed by atoms with E-state index in [9.17, 15) is 0 Å². The highest BCUT2D eigenvalue weighted by Crippen LogP contribution is 2.27. The molecule has 0 saturated heterocycles. The van der Waals surface area contributed by atoms with Crippen molar-refractivity contribution in [2.45, 2.75) is 116 Å². The van der Waals surface area contributed by atoms with Gasteiger partial charge in [-0.25, -0.2) is 0 Å². The molecular weight excluding hydrogens is 300 g/mol. The van der Waals surface area contributed by atoms with E-state index in [1.807, 2.05) is 0 Å². The van der Waals surface area contributed by atoms with Crippen molar-refractivity contribution >= 4 is 18.4 Å². The fourth-order valence-corrected chi connectivity index (χ4v) is 14.2. The summed E-state index contributed by atoms with van der Waals surface area (Å²) in [6.07, 6.45) is 14.7. The topological polar surface area (TPSA) is 6.48 Å². The molecule has 0 spiro atoms. The van der Waals surface area contributed by atoms with Crippen LogP contribution in [-0.4, -0.2) is 51.7 Å². The van der Waals surface area contributed by atoms with E-state index in [1.165, 1.54) is 64.2 Å². The van der Waals surface area contributed by atoms with Gasteiger partial charge in [0.1, 0.15) is 0 Å². The molecule has 2 unspecified atom stereocenters. The van der Waals surface area contributed by atoms with Crippen LogP contribution >= 0.6 is 0 Å². The van der Waals surface area contributed by atoms with Crippen molar-refractivity contribution in [2.24, 2.45) is 0 Å². The minimum atomic E-state index is 0.00236. The maximum atomic E-state index is 3.06. The average Bonchev–Trinajstić information content (AvgIpc) is 3.23. The van der Waals surface area contributed by atoms with E-state index >= 15 is 0 Å². The van der Waals surface area contributed by atoms with Gasteiger partial charge in [-0.15, -0.1) is 0 Å². The maximum Gasteiger partial charge on any atom is 0.0975 e. The van der Waals surface area contributed by atoms with Gasteiger partial charge in [-0.2, -0.15) is 0 Å². The molecule has 2 atom stereocenters. The lowest BCUT2D eigenvalue weighted by molar-refractivity contribution is 0.253. The van der Waals surface area contributed by atoms with E-state index in [-0.39, 0.29) is 18.4 Å². The van der Waals surface area contributed by atoms with Gasteiger partial charge in [0, 0.05) is 12.1 Å². The fraction of sp³-hybridized carbons (Fsp3) is 1.00. The van der Waals surface area contributed by atoms with Crippen LogP contribution in [-0.2, 0) is 0 Å². The molecule has 2 aliphatic rings. The third-order valence-corrected chi connectivity index (χ3v) is 13.7. The zero-order valence-electron chi connectivity index (χ0n) is 15.7. The minimum Gasteiger partial charge on any atom is -0.325 e. The van der Waals surface area contributed by atoms with Crippen LogP contribution in [0, 0.1) is 0 Å². The Morgan fingerprint density at radius 1 is 0.727 bits per heavy atom. The van der Waals surface area contributed by atoms with E-state index < -0.39 is 0 Å². The number of nitrogens with zero attached hydrogens (tertiary/aromatic N) is 2. The normalized spacial score (nSPS) is 24.8. The van der Waals surface area contributed by atoms with E-state index in [2.05, 4.69) is 36.8 Å². The second-order valence-corrected chi connectivity index (χ2v) is 12.9. The standard InChI is InChI=1S/C18H40N2Si2/c1-5-15(3)19(17-11-7-8-12-17)21-22-20(16(4)6-2)18-13-9-10-14-18/h15-18H,5-14,21-22H2,1-4H3. The molecule has 2 aliphatic carbocycles. The summed E-state index contributed by atoms with van der Waals surface area (Å²) in [7, 11) is 0.00472. The van der Waals surface area contributed by atoms with Gasteiger partial charge in [0.05, 0.1) is 18.4 Å². The van der Waals surface area contributed by atoms with E-state index in [1.54, 1.807) is 0 Å². The zero-order chi connectivity index (χ0) is 15.9. The molecular formula is C18H40N2Si2. The highest BCUT2D eigenvalue weighted by Gasteiger charge is 2.29. The first-order valence-corrected chi connectivity index (χ1v) is 15.4. The predicted molar refractivity (Wildman–Crippen MR) is 105 cm³/mol. The first-order chi connectivity index (χ1) is 10.7. The van der Waals surface area contributed by atoms with E-state index in [4.69, 9.17) is 0 Å². The molecule has 2 fully saturated rings. The second kappa shape index (κ2) is 9.60. The highest BCUT2D eigenvalue weighted by atomic mass is 29.2. The molecule has 2 saturated carbocycles. The van der Waals surface area contributed by atoms with Crippen molar-refractivity contribution in [1.82, 2.24) is 9.13 Å². The Hall–Kier alpha value is 0.354. The summed E-state index contributed by atoms with van der Waals surface area (Å²) in [6.45, 7) is 9.80. The molecule has 2 rings (SSSR count). The monoisotopic (exact) mass is 340 g/mol. The molecule has 22 heavy (non-hydrogen) atoms. The highest BCUT2D eigenvalue weighted by molar-refractivity contribution is 6.97. The van der Waals surface area contributed by atoms with E-state index in [0.29, 0.717) is 0 Å². The summed E-state index contributed by atoms with van der Waals surface area (Å²) < 4.78 is 6.12. The number of hydrogen-bond donors (Lipinski definition) is 0. The van der Waals surface area contributed by atoms with Crippen molar-refractivity contribution in [3.05, 3.63) is 0 Å². The molecule has 0 aromatic carbocycles. The fourth-order valence-electron chi connectivity index (χ4n) is 4.70. The largest absolute Gasteiger partial charge is 0.325 e. The van der Waals surface area contributed by atoms with Gasteiger partial charge >= 0.3 is 0 Å². The van der Waals surface area contributed by atoms with Gasteiger partial charge in [-0.05, 0) is 50.6 Å². The Labute approximate surface area is 144 Å². The summed E-state index contributed by atoms with van der Waals surface area (Å²) >= 11 is 0. The molecule has 130 valence electrons.